The number of imide groups is 2. The number of piperidine rings is 1. The van der Waals surface area contributed by atoms with Crippen LogP contribution in [-0.4, -0.2) is 85.4 Å². The zero-order valence-corrected chi connectivity index (χ0v) is 18.9. The summed E-state index contributed by atoms with van der Waals surface area (Å²) in [6.45, 7) is 7.20. The third kappa shape index (κ3) is 4.39. The molecule has 0 radical (unpaired) electrons. The van der Waals surface area contributed by atoms with Gasteiger partial charge >= 0.3 is 0 Å². The minimum Gasteiger partial charge on any atom is -0.373 e. The van der Waals surface area contributed by atoms with Crippen LogP contribution in [-0.2, 0) is 14.3 Å². The molecule has 4 amide bonds. The molecule has 5 rings (SSSR count). The molecule has 1 aromatic rings. The molecule has 1 N–H and O–H groups in total. The summed E-state index contributed by atoms with van der Waals surface area (Å²) < 4.78 is 6.02. The largest absolute Gasteiger partial charge is 0.373 e. The standard InChI is InChI=1S/C24H30N4O5/c1-15(2-5-22(30)25-14-29)28-23(31)20-4-3-18(9-21(20)24(28)32)27-6-7-33-19(13-27)12-26-10-16-8-17(16)11-26/h3-4,9,14-17,19H,2,5-8,10-13H2,1H3,(H,25,29,30). The Hall–Kier alpha value is -2.78. The average molecular weight is 455 g/mol. The van der Waals surface area contributed by atoms with Gasteiger partial charge in [-0.2, -0.15) is 0 Å². The van der Waals surface area contributed by atoms with E-state index in [4.69, 9.17) is 4.74 Å². The van der Waals surface area contributed by atoms with Crippen LogP contribution < -0.4 is 10.2 Å². The number of hydrogen-bond donors (Lipinski definition) is 1. The van der Waals surface area contributed by atoms with Crippen LogP contribution in [0.25, 0.3) is 0 Å². The highest BCUT2D eigenvalue weighted by Crippen LogP contribution is 2.44. The van der Waals surface area contributed by atoms with E-state index in [0.717, 1.165) is 37.2 Å². The molecule has 1 saturated carbocycles. The smallest absolute Gasteiger partial charge is 0.261 e. The van der Waals surface area contributed by atoms with Crippen molar-refractivity contribution < 1.29 is 23.9 Å². The molecule has 3 fully saturated rings. The van der Waals surface area contributed by atoms with Crippen LogP contribution in [0.4, 0.5) is 5.69 Å². The van der Waals surface area contributed by atoms with Crippen LogP contribution >= 0.6 is 0 Å². The number of anilines is 1. The summed E-state index contributed by atoms with van der Waals surface area (Å²) in [4.78, 5) is 53.9. The summed E-state index contributed by atoms with van der Waals surface area (Å²) in [6, 6.07) is 5.00. The van der Waals surface area contributed by atoms with Crippen molar-refractivity contribution in [3.05, 3.63) is 29.3 Å². The number of hydrogen-bond acceptors (Lipinski definition) is 7. The average Bonchev–Trinajstić information content (AvgIpc) is 3.33. The molecule has 2 saturated heterocycles. The maximum Gasteiger partial charge on any atom is 0.261 e. The van der Waals surface area contributed by atoms with E-state index in [1.807, 2.05) is 12.1 Å². The lowest BCUT2D eigenvalue weighted by Crippen LogP contribution is -2.47. The number of rotatable bonds is 8. The molecule has 33 heavy (non-hydrogen) atoms. The molecule has 3 aliphatic heterocycles. The predicted molar refractivity (Wildman–Crippen MR) is 120 cm³/mol. The van der Waals surface area contributed by atoms with Gasteiger partial charge in [0.2, 0.25) is 12.3 Å². The van der Waals surface area contributed by atoms with E-state index >= 15 is 0 Å². The maximum absolute atomic E-state index is 13.1. The molecule has 4 unspecified atom stereocenters. The molecule has 1 aromatic carbocycles. The van der Waals surface area contributed by atoms with Gasteiger partial charge in [0.1, 0.15) is 0 Å². The van der Waals surface area contributed by atoms with E-state index in [0.29, 0.717) is 30.6 Å². The van der Waals surface area contributed by atoms with E-state index < -0.39 is 11.9 Å². The summed E-state index contributed by atoms with van der Waals surface area (Å²) in [6.07, 6.45) is 2.21. The number of morpholine rings is 1. The van der Waals surface area contributed by atoms with Crippen LogP contribution in [0.15, 0.2) is 18.2 Å². The number of fused-ring (bicyclic) bond motifs is 2. The van der Waals surface area contributed by atoms with E-state index in [9.17, 15) is 19.2 Å². The van der Waals surface area contributed by atoms with Crippen molar-refractivity contribution in [1.82, 2.24) is 15.1 Å². The quantitative estimate of drug-likeness (QED) is 0.460. The molecular formula is C24H30N4O5. The first kappa shape index (κ1) is 22.0. The highest BCUT2D eigenvalue weighted by molar-refractivity contribution is 6.22. The summed E-state index contributed by atoms with van der Waals surface area (Å²) in [5.41, 5.74) is 1.73. The minimum absolute atomic E-state index is 0.0617. The minimum atomic E-state index is -0.447. The van der Waals surface area contributed by atoms with Gasteiger partial charge in [0.05, 0.1) is 23.8 Å². The number of likely N-dealkylation sites (tertiary alicyclic amines) is 1. The third-order valence-electron chi connectivity index (χ3n) is 7.37. The van der Waals surface area contributed by atoms with Crippen molar-refractivity contribution in [2.45, 2.75) is 38.3 Å². The van der Waals surface area contributed by atoms with Crippen molar-refractivity contribution in [3.63, 3.8) is 0 Å². The highest BCUT2D eigenvalue weighted by Gasteiger charge is 2.45. The van der Waals surface area contributed by atoms with Crippen LogP contribution in [0.1, 0.15) is 46.9 Å². The zero-order valence-electron chi connectivity index (χ0n) is 18.9. The normalized spacial score (nSPS) is 27.4. The molecule has 4 atom stereocenters. The van der Waals surface area contributed by atoms with E-state index in [1.165, 1.54) is 24.4 Å². The third-order valence-corrected chi connectivity index (χ3v) is 7.37. The van der Waals surface area contributed by atoms with Gasteiger partial charge in [-0.15, -0.1) is 0 Å². The van der Waals surface area contributed by atoms with E-state index in [2.05, 4.69) is 15.1 Å². The topological polar surface area (TPSA) is 99.3 Å². The Morgan fingerprint density at radius 1 is 1.18 bits per heavy atom. The van der Waals surface area contributed by atoms with Crippen molar-refractivity contribution >= 4 is 29.8 Å². The first-order valence-corrected chi connectivity index (χ1v) is 11.8. The molecule has 176 valence electrons. The van der Waals surface area contributed by atoms with E-state index in [1.54, 1.807) is 13.0 Å². The second kappa shape index (κ2) is 8.87. The van der Waals surface area contributed by atoms with Crippen molar-refractivity contribution in [1.29, 1.82) is 0 Å². The molecule has 0 aromatic heterocycles. The molecule has 0 spiro atoms. The second-order valence-electron chi connectivity index (χ2n) is 9.70. The van der Waals surface area contributed by atoms with Crippen LogP contribution in [0.3, 0.4) is 0 Å². The molecular weight excluding hydrogens is 424 g/mol. The van der Waals surface area contributed by atoms with Crippen molar-refractivity contribution in [2.75, 3.05) is 44.2 Å². The molecule has 1 aliphatic carbocycles. The number of benzene rings is 1. The molecule has 9 heteroatoms. The monoisotopic (exact) mass is 454 g/mol. The second-order valence-corrected chi connectivity index (χ2v) is 9.70. The number of carbonyl (C=O) groups is 4. The molecule has 9 nitrogen and oxygen atoms in total. The number of carbonyl (C=O) groups excluding carboxylic acids is 4. The lowest BCUT2D eigenvalue weighted by molar-refractivity contribution is -0.125. The number of ether oxygens (including phenoxy) is 1. The summed E-state index contributed by atoms with van der Waals surface area (Å²) in [7, 11) is 0. The fourth-order valence-corrected chi connectivity index (χ4v) is 5.45. The summed E-state index contributed by atoms with van der Waals surface area (Å²) in [5, 5.41) is 2.08. The first-order valence-electron chi connectivity index (χ1n) is 11.8. The fourth-order valence-electron chi connectivity index (χ4n) is 5.45. The van der Waals surface area contributed by atoms with E-state index in [-0.39, 0.29) is 24.3 Å². The van der Waals surface area contributed by atoms with Crippen LogP contribution in [0, 0.1) is 11.8 Å². The van der Waals surface area contributed by atoms with Gasteiger partial charge in [-0.1, -0.05) is 0 Å². The number of nitrogens with one attached hydrogen (secondary N) is 1. The lowest BCUT2D eigenvalue weighted by Gasteiger charge is -2.36. The summed E-state index contributed by atoms with van der Waals surface area (Å²) >= 11 is 0. The Kier molecular flexibility index (Phi) is 5.92. The Morgan fingerprint density at radius 2 is 1.94 bits per heavy atom. The Bertz CT molecular complexity index is 972. The van der Waals surface area contributed by atoms with Crippen LogP contribution in [0.2, 0.25) is 0 Å². The SMILES string of the molecule is CC(CCC(=O)NC=O)N1C(=O)c2ccc(N3CCOC(CN4CC5CC5C4)C3)cc2C1=O. The lowest BCUT2D eigenvalue weighted by atomic mass is 10.1. The van der Waals surface area contributed by atoms with Crippen LogP contribution in [0.5, 0.6) is 0 Å². The predicted octanol–water partition coefficient (Wildman–Crippen LogP) is 0.881. The maximum atomic E-state index is 13.1. The van der Waals surface area contributed by atoms with Gasteiger partial charge < -0.3 is 14.5 Å². The zero-order chi connectivity index (χ0) is 23.1. The van der Waals surface area contributed by atoms with Gasteiger partial charge in [0, 0.05) is 50.9 Å². The van der Waals surface area contributed by atoms with Gasteiger partial charge in [0.25, 0.3) is 11.8 Å². The Morgan fingerprint density at radius 3 is 2.70 bits per heavy atom. The van der Waals surface area contributed by atoms with Crippen molar-refractivity contribution in [2.24, 2.45) is 11.8 Å². The van der Waals surface area contributed by atoms with Gasteiger partial charge in [-0.05, 0) is 49.8 Å². The van der Waals surface area contributed by atoms with Crippen molar-refractivity contribution in [3.8, 4) is 0 Å². The van der Waals surface area contributed by atoms with Gasteiger partial charge in [0.15, 0.2) is 0 Å². The number of nitrogens with zero attached hydrogens (tertiary/aromatic N) is 3. The fraction of sp³-hybridized carbons (Fsp3) is 0.583. The number of amides is 4. The summed E-state index contributed by atoms with van der Waals surface area (Å²) in [5.74, 6) is 0.700. The first-order chi connectivity index (χ1) is 15.9. The Balaban J connectivity index is 1.23. The molecule has 0 bridgehead atoms. The van der Waals surface area contributed by atoms with Gasteiger partial charge in [-0.25, -0.2) is 0 Å². The van der Waals surface area contributed by atoms with Gasteiger partial charge in [-0.3, -0.25) is 29.4 Å². The Labute approximate surface area is 193 Å². The molecule has 4 aliphatic rings. The molecule has 3 heterocycles. The highest BCUT2D eigenvalue weighted by atomic mass is 16.5.